The van der Waals surface area contributed by atoms with E-state index in [1.54, 1.807) is 6.20 Å². The first-order valence-corrected chi connectivity index (χ1v) is 10.6. The van der Waals surface area contributed by atoms with E-state index in [0.717, 1.165) is 48.0 Å². The Morgan fingerprint density at radius 1 is 1.10 bits per heavy atom. The molecule has 0 saturated carbocycles. The van der Waals surface area contributed by atoms with Crippen molar-refractivity contribution in [2.24, 2.45) is 4.99 Å². The summed E-state index contributed by atoms with van der Waals surface area (Å²) in [6.07, 6.45) is 7.73. The van der Waals surface area contributed by atoms with Gasteiger partial charge in [-0.3, -0.25) is 5.10 Å². The van der Waals surface area contributed by atoms with Gasteiger partial charge in [-0.2, -0.15) is 5.10 Å². The maximum absolute atomic E-state index is 4.95. The Bertz CT molecular complexity index is 1180. The zero-order chi connectivity index (χ0) is 21.5. The summed E-state index contributed by atoms with van der Waals surface area (Å²) in [6, 6.07) is 18.5. The fraction of sp³-hybridized carbons (Fsp3) is 0.200. The smallest absolute Gasteiger partial charge is 0.141 e. The number of nitrogens with one attached hydrogen (secondary N) is 4. The summed E-state index contributed by atoms with van der Waals surface area (Å²) >= 11 is 0. The molecule has 0 unspecified atom stereocenters. The van der Waals surface area contributed by atoms with Crippen LogP contribution in [0.5, 0.6) is 0 Å². The molecule has 0 spiro atoms. The first kappa shape index (κ1) is 20.5. The van der Waals surface area contributed by atoms with Gasteiger partial charge in [-0.05, 0) is 43.0 Å². The van der Waals surface area contributed by atoms with E-state index in [4.69, 9.17) is 4.99 Å². The monoisotopic (exact) mass is 412 g/mol. The van der Waals surface area contributed by atoms with E-state index in [0.29, 0.717) is 0 Å². The molecular weight excluding hydrogens is 384 g/mol. The van der Waals surface area contributed by atoms with Crippen LogP contribution >= 0.6 is 0 Å². The normalized spacial score (nSPS) is 12.3. The maximum atomic E-state index is 4.95. The third-order valence-electron chi connectivity index (χ3n) is 5.16. The van der Waals surface area contributed by atoms with Crippen molar-refractivity contribution in [2.45, 2.75) is 26.7 Å². The van der Waals surface area contributed by atoms with Gasteiger partial charge in [0, 0.05) is 35.3 Å². The van der Waals surface area contributed by atoms with E-state index in [2.05, 4.69) is 88.3 Å². The van der Waals surface area contributed by atoms with Gasteiger partial charge in [0.05, 0.1) is 6.20 Å². The number of hydrogen-bond donors (Lipinski definition) is 4. The number of allylic oxidation sites excluding steroid dienone is 1. The Labute approximate surface area is 182 Å². The SMILES string of the molecule is CC/C=C(/N=C(/Nc1ccn[nH]1)c1ccccc1C)NCCc1c[nH]c2ccccc12. The van der Waals surface area contributed by atoms with Gasteiger partial charge in [0.2, 0.25) is 0 Å². The van der Waals surface area contributed by atoms with Crippen LogP contribution in [0.25, 0.3) is 10.9 Å². The Morgan fingerprint density at radius 2 is 1.94 bits per heavy atom. The summed E-state index contributed by atoms with van der Waals surface area (Å²) in [7, 11) is 0. The lowest BCUT2D eigenvalue weighted by molar-refractivity contribution is 0.776. The van der Waals surface area contributed by atoms with Crippen LogP contribution in [0, 0.1) is 6.92 Å². The summed E-state index contributed by atoms with van der Waals surface area (Å²) in [5.74, 6) is 2.44. The van der Waals surface area contributed by atoms with Crippen LogP contribution in [-0.2, 0) is 6.42 Å². The van der Waals surface area contributed by atoms with E-state index in [9.17, 15) is 0 Å². The van der Waals surface area contributed by atoms with Gasteiger partial charge in [0.25, 0.3) is 0 Å². The van der Waals surface area contributed by atoms with Crippen LogP contribution in [0.1, 0.15) is 30.0 Å². The molecule has 0 bridgehead atoms. The molecule has 0 radical (unpaired) electrons. The number of aromatic amines is 2. The molecule has 0 amide bonds. The van der Waals surface area contributed by atoms with Crippen molar-refractivity contribution in [1.82, 2.24) is 20.5 Å². The van der Waals surface area contributed by atoms with Gasteiger partial charge in [-0.15, -0.1) is 0 Å². The highest BCUT2D eigenvalue weighted by atomic mass is 15.2. The van der Waals surface area contributed by atoms with Crippen LogP contribution in [0.4, 0.5) is 5.82 Å². The second kappa shape index (κ2) is 9.80. The molecule has 0 aliphatic rings. The number of benzene rings is 2. The molecule has 4 aromatic rings. The molecule has 31 heavy (non-hydrogen) atoms. The lowest BCUT2D eigenvalue weighted by Gasteiger charge is -2.14. The molecule has 0 atom stereocenters. The topological polar surface area (TPSA) is 80.9 Å². The molecule has 6 nitrogen and oxygen atoms in total. The highest BCUT2D eigenvalue weighted by molar-refractivity contribution is 6.09. The van der Waals surface area contributed by atoms with E-state index in [-0.39, 0.29) is 0 Å². The molecule has 4 N–H and O–H groups in total. The zero-order valence-electron chi connectivity index (χ0n) is 17.9. The molecule has 4 rings (SSSR count). The van der Waals surface area contributed by atoms with Gasteiger partial charge >= 0.3 is 0 Å². The van der Waals surface area contributed by atoms with Crippen molar-refractivity contribution in [3.8, 4) is 0 Å². The second-order valence-electron chi connectivity index (χ2n) is 7.40. The number of para-hydroxylation sites is 1. The predicted octanol–water partition coefficient (Wildman–Crippen LogP) is 5.14. The highest BCUT2D eigenvalue weighted by Crippen LogP contribution is 2.18. The molecular formula is C25H28N6. The molecule has 2 heterocycles. The van der Waals surface area contributed by atoms with Gasteiger partial charge in [-0.25, -0.2) is 4.99 Å². The number of anilines is 1. The summed E-state index contributed by atoms with van der Waals surface area (Å²) in [4.78, 5) is 8.30. The quantitative estimate of drug-likeness (QED) is 0.239. The molecule has 158 valence electrons. The van der Waals surface area contributed by atoms with E-state index < -0.39 is 0 Å². The number of H-pyrrole nitrogens is 2. The number of nitrogens with zero attached hydrogens (tertiary/aromatic N) is 2. The average Bonchev–Trinajstić information content (AvgIpc) is 3.44. The highest BCUT2D eigenvalue weighted by Gasteiger charge is 2.10. The Kier molecular flexibility index (Phi) is 6.47. The van der Waals surface area contributed by atoms with Gasteiger partial charge < -0.3 is 15.6 Å². The van der Waals surface area contributed by atoms with Crippen LogP contribution in [0.3, 0.4) is 0 Å². The van der Waals surface area contributed by atoms with E-state index >= 15 is 0 Å². The van der Waals surface area contributed by atoms with Crippen molar-refractivity contribution < 1.29 is 0 Å². The number of aliphatic imine (C=N–C) groups is 1. The van der Waals surface area contributed by atoms with Gasteiger partial charge in [0.1, 0.15) is 17.5 Å². The number of fused-ring (bicyclic) bond motifs is 1. The van der Waals surface area contributed by atoms with Crippen LogP contribution in [0.2, 0.25) is 0 Å². The summed E-state index contributed by atoms with van der Waals surface area (Å²) < 4.78 is 0. The van der Waals surface area contributed by atoms with Crippen LogP contribution < -0.4 is 10.6 Å². The van der Waals surface area contributed by atoms with E-state index in [1.807, 2.05) is 18.2 Å². The van der Waals surface area contributed by atoms with Crippen molar-refractivity contribution in [3.05, 3.63) is 95.6 Å². The standard InChI is InChI=1S/C25H28N6/c1-3-8-23(26-15-13-19-17-27-22-12-7-6-11-21(19)22)29-25(30-24-14-16-28-31-24)20-10-5-4-9-18(20)2/h4-12,14,16-17,26-27H,3,13,15H2,1-2H3,(H2,28,29,30,31)/b23-8+. The molecule has 6 heteroatoms. The van der Waals surface area contributed by atoms with Crippen molar-refractivity contribution in [3.63, 3.8) is 0 Å². The number of amidine groups is 1. The van der Waals surface area contributed by atoms with Crippen LogP contribution in [-0.4, -0.2) is 27.6 Å². The molecule has 0 fully saturated rings. The summed E-state index contributed by atoms with van der Waals surface area (Å²) in [6.45, 7) is 5.00. The third kappa shape index (κ3) is 5.04. The first-order chi connectivity index (χ1) is 15.2. The Balaban J connectivity index is 1.54. The number of aromatic nitrogens is 3. The molecule has 0 aliphatic heterocycles. The number of rotatable bonds is 8. The van der Waals surface area contributed by atoms with Gasteiger partial charge in [-0.1, -0.05) is 49.4 Å². The summed E-state index contributed by atoms with van der Waals surface area (Å²) in [5, 5.41) is 15.2. The second-order valence-corrected chi connectivity index (χ2v) is 7.40. The Hall–Kier alpha value is -3.80. The molecule has 0 aliphatic carbocycles. The van der Waals surface area contributed by atoms with E-state index in [1.165, 1.54) is 16.5 Å². The lowest BCUT2D eigenvalue weighted by Crippen LogP contribution is -2.21. The minimum Gasteiger partial charge on any atom is -0.370 e. The average molecular weight is 413 g/mol. The summed E-state index contributed by atoms with van der Waals surface area (Å²) in [5.41, 5.74) is 4.68. The zero-order valence-corrected chi connectivity index (χ0v) is 17.9. The molecule has 0 saturated heterocycles. The predicted molar refractivity (Wildman–Crippen MR) is 128 cm³/mol. The number of hydrogen-bond acceptors (Lipinski definition) is 3. The minimum absolute atomic E-state index is 0.779. The molecule has 2 aromatic carbocycles. The third-order valence-corrected chi connectivity index (χ3v) is 5.16. The first-order valence-electron chi connectivity index (χ1n) is 10.6. The Morgan fingerprint density at radius 3 is 2.74 bits per heavy atom. The van der Waals surface area contributed by atoms with Crippen molar-refractivity contribution in [1.29, 1.82) is 0 Å². The maximum Gasteiger partial charge on any atom is 0.141 e. The fourth-order valence-electron chi connectivity index (χ4n) is 3.58. The fourth-order valence-corrected chi connectivity index (χ4v) is 3.58. The van der Waals surface area contributed by atoms with Crippen molar-refractivity contribution in [2.75, 3.05) is 11.9 Å². The van der Waals surface area contributed by atoms with Crippen molar-refractivity contribution >= 4 is 22.6 Å². The molecule has 2 aromatic heterocycles. The van der Waals surface area contributed by atoms with Gasteiger partial charge in [0.15, 0.2) is 0 Å². The minimum atomic E-state index is 0.779. The lowest BCUT2D eigenvalue weighted by atomic mass is 10.1. The largest absolute Gasteiger partial charge is 0.370 e. The number of aryl methyl sites for hydroxylation is 1. The van der Waals surface area contributed by atoms with Crippen LogP contribution in [0.15, 0.2) is 83.9 Å².